The van der Waals surface area contributed by atoms with Gasteiger partial charge in [0, 0.05) is 0 Å². The monoisotopic (exact) mass is 233 g/mol. The van der Waals surface area contributed by atoms with Crippen molar-refractivity contribution in [2.45, 2.75) is 6.04 Å². The van der Waals surface area contributed by atoms with Crippen LogP contribution in [0.1, 0.15) is 0 Å². The molecule has 0 aliphatic carbocycles. The van der Waals surface area contributed by atoms with Crippen LogP contribution in [0.4, 0.5) is 0 Å². The molecule has 0 aromatic rings. The zero-order valence-electron chi connectivity index (χ0n) is 4.07. The van der Waals surface area contributed by atoms with Crippen LogP contribution < -0.4 is 5.73 Å². The molecule has 5 heteroatoms. The van der Waals surface area contributed by atoms with E-state index in [2.05, 4.69) is 0 Å². The zero-order chi connectivity index (χ0) is 5.86. The molecule has 0 spiro atoms. The minimum absolute atomic E-state index is 0. The molecule has 50 valence electrons. The van der Waals surface area contributed by atoms with E-state index in [0.29, 0.717) is 0 Å². The number of hydrogen-bond acceptors (Lipinski definition) is 3. The third-order valence-electron chi connectivity index (χ3n) is 0.514. The summed E-state index contributed by atoms with van der Waals surface area (Å²) < 4.78 is 0. The number of rotatable bonds is 2. The molecule has 0 aromatic carbocycles. The fourth-order valence-corrected chi connectivity index (χ4v) is 0.0781. The Balaban J connectivity index is 0. The Morgan fingerprint density at radius 2 is 2.12 bits per heavy atom. The van der Waals surface area contributed by atoms with Crippen LogP contribution in [0.3, 0.4) is 0 Å². The molecule has 8 heavy (non-hydrogen) atoms. The maximum Gasteiger partial charge on any atom is 0.322 e. The van der Waals surface area contributed by atoms with Crippen LogP contribution in [-0.2, 0) is 4.79 Å². The number of carbonyl (C=O) groups is 1. The molecular weight excluding hydrogens is 225 g/mol. The number of aliphatic hydroxyl groups excluding tert-OH is 1. The van der Waals surface area contributed by atoms with E-state index >= 15 is 0 Å². The number of carboxylic acids is 1. The van der Waals surface area contributed by atoms with Crippen molar-refractivity contribution in [1.82, 2.24) is 0 Å². The van der Waals surface area contributed by atoms with Crippen molar-refractivity contribution in [2.24, 2.45) is 5.73 Å². The lowest BCUT2D eigenvalue weighted by molar-refractivity contribution is -0.139. The van der Waals surface area contributed by atoms with Crippen LogP contribution in [0.25, 0.3) is 0 Å². The highest BCUT2D eigenvalue weighted by molar-refractivity contribution is 14.0. The van der Waals surface area contributed by atoms with Crippen LogP contribution in [0, 0.1) is 0 Å². The first-order valence-electron chi connectivity index (χ1n) is 1.77. The Hall–Kier alpha value is 0.120. The van der Waals surface area contributed by atoms with Crippen LogP contribution in [0.15, 0.2) is 0 Å². The fourth-order valence-electron chi connectivity index (χ4n) is 0.0781. The first-order chi connectivity index (χ1) is 3.18. The van der Waals surface area contributed by atoms with Crippen molar-refractivity contribution >= 4 is 29.9 Å². The first kappa shape index (κ1) is 11.0. The second-order valence-corrected chi connectivity index (χ2v) is 1.13. The summed E-state index contributed by atoms with van der Waals surface area (Å²) in [5.74, 6) is -1.18. The standard InChI is InChI=1S/C3H7NO3.HI/c4-2(1-5)3(6)7;/h2,5H,1,4H2,(H,6,7);1H. The third kappa shape index (κ3) is 4.28. The molecule has 0 saturated carbocycles. The Morgan fingerprint density at radius 1 is 1.75 bits per heavy atom. The quantitative estimate of drug-likeness (QED) is 0.534. The van der Waals surface area contributed by atoms with Crippen molar-refractivity contribution in [3.63, 3.8) is 0 Å². The van der Waals surface area contributed by atoms with Crippen molar-refractivity contribution in [1.29, 1.82) is 0 Å². The third-order valence-corrected chi connectivity index (χ3v) is 0.514. The van der Waals surface area contributed by atoms with Gasteiger partial charge in [0.1, 0.15) is 6.04 Å². The Morgan fingerprint density at radius 3 is 2.12 bits per heavy atom. The summed E-state index contributed by atoms with van der Waals surface area (Å²) >= 11 is 0. The number of hydrogen-bond donors (Lipinski definition) is 3. The van der Waals surface area contributed by atoms with Gasteiger partial charge in [-0.3, -0.25) is 4.79 Å². The molecule has 0 rings (SSSR count). The Labute approximate surface area is 63.7 Å². The fraction of sp³-hybridized carbons (Fsp3) is 0.667. The van der Waals surface area contributed by atoms with Gasteiger partial charge in [-0.2, -0.15) is 0 Å². The van der Waals surface area contributed by atoms with Gasteiger partial charge < -0.3 is 15.9 Å². The second-order valence-electron chi connectivity index (χ2n) is 1.13. The van der Waals surface area contributed by atoms with E-state index in [1.54, 1.807) is 0 Å². The molecular formula is C3H8INO3. The molecule has 0 aliphatic heterocycles. The molecule has 1 unspecified atom stereocenters. The Bertz CT molecular complexity index is 76.9. The number of halogens is 1. The molecule has 0 fully saturated rings. The largest absolute Gasteiger partial charge is 0.480 e. The van der Waals surface area contributed by atoms with E-state index in [0.717, 1.165) is 0 Å². The number of carboxylic acid groups (broad SMARTS) is 1. The summed E-state index contributed by atoms with van der Waals surface area (Å²) in [6.07, 6.45) is 0. The summed E-state index contributed by atoms with van der Waals surface area (Å²) in [7, 11) is 0. The summed E-state index contributed by atoms with van der Waals surface area (Å²) in [5, 5.41) is 15.9. The van der Waals surface area contributed by atoms with E-state index < -0.39 is 18.6 Å². The topological polar surface area (TPSA) is 83.5 Å². The van der Waals surface area contributed by atoms with Crippen molar-refractivity contribution < 1.29 is 15.0 Å². The van der Waals surface area contributed by atoms with Crippen molar-refractivity contribution in [3.05, 3.63) is 0 Å². The predicted molar refractivity (Wildman–Crippen MR) is 38.1 cm³/mol. The highest BCUT2D eigenvalue weighted by Crippen LogP contribution is 1.71. The molecule has 4 nitrogen and oxygen atoms in total. The van der Waals surface area contributed by atoms with Gasteiger partial charge in [-0.15, -0.1) is 24.0 Å². The lowest BCUT2D eigenvalue weighted by Crippen LogP contribution is -2.33. The van der Waals surface area contributed by atoms with Gasteiger partial charge in [-0.25, -0.2) is 0 Å². The molecule has 4 N–H and O–H groups in total. The van der Waals surface area contributed by atoms with Gasteiger partial charge in [0.25, 0.3) is 0 Å². The summed E-state index contributed by atoms with van der Waals surface area (Å²) in [6.45, 7) is -0.505. The van der Waals surface area contributed by atoms with Crippen molar-refractivity contribution in [3.8, 4) is 0 Å². The van der Waals surface area contributed by atoms with Crippen LogP contribution in [-0.4, -0.2) is 28.8 Å². The van der Waals surface area contributed by atoms with E-state index in [1.165, 1.54) is 0 Å². The van der Waals surface area contributed by atoms with Crippen LogP contribution >= 0.6 is 24.0 Å². The average Bonchev–Trinajstić information content (AvgIpc) is 1.65. The maximum atomic E-state index is 9.65. The van der Waals surface area contributed by atoms with E-state index in [1.807, 2.05) is 0 Å². The number of aliphatic hydroxyl groups is 1. The molecule has 0 aromatic heterocycles. The highest BCUT2D eigenvalue weighted by atomic mass is 127. The molecule has 0 amide bonds. The SMILES string of the molecule is I.NC(CO)C(=O)O. The minimum atomic E-state index is -1.18. The summed E-state index contributed by atoms with van der Waals surface area (Å²) in [6, 6.07) is -1.13. The zero-order valence-corrected chi connectivity index (χ0v) is 6.40. The summed E-state index contributed by atoms with van der Waals surface area (Å²) in [4.78, 5) is 9.65. The molecule has 0 heterocycles. The van der Waals surface area contributed by atoms with E-state index in [-0.39, 0.29) is 24.0 Å². The van der Waals surface area contributed by atoms with Gasteiger partial charge >= 0.3 is 5.97 Å². The predicted octanol–water partition coefficient (Wildman–Crippen LogP) is -0.991. The Kier molecular flexibility index (Phi) is 7.23. The minimum Gasteiger partial charge on any atom is -0.480 e. The van der Waals surface area contributed by atoms with Gasteiger partial charge in [0.05, 0.1) is 6.61 Å². The van der Waals surface area contributed by atoms with Gasteiger partial charge in [-0.05, 0) is 0 Å². The second kappa shape index (κ2) is 5.26. The molecule has 0 saturated heterocycles. The average molecular weight is 233 g/mol. The highest BCUT2D eigenvalue weighted by Gasteiger charge is 2.06. The lowest BCUT2D eigenvalue weighted by Gasteiger charge is -1.96. The van der Waals surface area contributed by atoms with E-state index in [4.69, 9.17) is 15.9 Å². The smallest absolute Gasteiger partial charge is 0.322 e. The normalized spacial score (nSPS) is 11.8. The number of nitrogens with two attached hydrogens (primary N) is 1. The molecule has 1 atom stereocenters. The van der Waals surface area contributed by atoms with E-state index in [9.17, 15) is 4.79 Å². The molecule has 0 aliphatic rings. The van der Waals surface area contributed by atoms with Gasteiger partial charge in [0.2, 0.25) is 0 Å². The van der Waals surface area contributed by atoms with Gasteiger partial charge in [0.15, 0.2) is 0 Å². The maximum absolute atomic E-state index is 9.65. The molecule has 0 bridgehead atoms. The molecule has 0 radical (unpaired) electrons. The lowest BCUT2D eigenvalue weighted by atomic mass is 10.3. The van der Waals surface area contributed by atoms with Crippen LogP contribution in [0.5, 0.6) is 0 Å². The van der Waals surface area contributed by atoms with Crippen molar-refractivity contribution in [2.75, 3.05) is 6.61 Å². The first-order valence-corrected chi connectivity index (χ1v) is 1.77. The van der Waals surface area contributed by atoms with Gasteiger partial charge in [-0.1, -0.05) is 0 Å². The number of aliphatic carboxylic acids is 1. The van der Waals surface area contributed by atoms with Crippen LogP contribution in [0.2, 0.25) is 0 Å². The summed E-state index contributed by atoms with van der Waals surface area (Å²) in [5.41, 5.74) is 4.77.